The van der Waals surface area contributed by atoms with E-state index in [2.05, 4.69) is 5.32 Å². The van der Waals surface area contributed by atoms with Gasteiger partial charge in [-0.05, 0) is 31.5 Å². The van der Waals surface area contributed by atoms with Gasteiger partial charge in [0.1, 0.15) is 11.1 Å². The highest BCUT2D eigenvalue weighted by molar-refractivity contribution is 7.92. The van der Waals surface area contributed by atoms with Crippen LogP contribution >= 0.6 is 11.6 Å². The number of hydrogen-bond donors (Lipinski definition) is 1. The molecule has 19 heavy (non-hydrogen) atoms. The molecule has 0 spiro atoms. The molecule has 0 radical (unpaired) electrons. The van der Waals surface area contributed by atoms with Crippen LogP contribution in [0.2, 0.25) is 5.02 Å². The predicted octanol–water partition coefficient (Wildman–Crippen LogP) is 2.09. The first-order valence-electron chi connectivity index (χ1n) is 5.57. The minimum Gasteiger partial charge on any atom is -0.348 e. The first kappa shape index (κ1) is 15.9. The number of nitrogens with one attached hydrogen (secondary N) is 1. The van der Waals surface area contributed by atoms with Gasteiger partial charge in [-0.15, -0.1) is 0 Å². The van der Waals surface area contributed by atoms with E-state index in [1.54, 1.807) is 6.92 Å². The molecule has 1 amide bonds. The fourth-order valence-electron chi connectivity index (χ4n) is 1.39. The summed E-state index contributed by atoms with van der Waals surface area (Å²) in [6.07, 6.45) is 0.997. The lowest BCUT2D eigenvalue weighted by Crippen LogP contribution is -2.38. The first-order chi connectivity index (χ1) is 8.62. The topological polar surface area (TPSA) is 63.2 Å². The summed E-state index contributed by atoms with van der Waals surface area (Å²) in [5, 5.41) is 1.37. The second kappa shape index (κ2) is 5.88. The average molecular weight is 308 g/mol. The van der Waals surface area contributed by atoms with Crippen LogP contribution in [0.1, 0.15) is 25.5 Å². The second-order valence-electron chi connectivity index (χ2n) is 4.38. The van der Waals surface area contributed by atoms with Crippen LogP contribution in [0.4, 0.5) is 4.39 Å². The van der Waals surface area contributed by atoms with E-state index >= 15 is 0 Å². The first-order valence-corrected chi connectivity index (χ1v) is 7.90. The fraction of sp³-hybridized carbons (Fsp3) is 0.417. The smallest absolute Gasteiger partial charge is 0.238 e. The highest BCUT2D eigenvalue weighted by atomic mass is 35.5. The molecule has 0 aliphatic carbocycles. The number of benzene rings is 1. The van der Waals surface area contributed by atoms with Gasteiger partial charge in [-0.3, -0.25) is 4.79 Å². The zero-order valence-electron chi connectivity index (χ0n) is 10.8. The molecule has 0 saturated carbocycles. The lowest BCUT2D eigenvalue weighted by atomic mass is 10.1. The van der Waals surface area contributed by atoms with E-state index in [1.807, 2.05) is 0 Å². The Balaban J connectivity index is 2.82. The summed E-state index contributed by atoms with van der Waals surface area (Å²) in [5.41, 5.74) is 0.598. The Hall–Kier alpha value is -1.14. The molecule has 0 saturated heterocycles. The van der Waals surface area contributed by atoms with Crippen LogP contribution in [0.15, 0.2) is 18.2 Å². The molecule has 0 aliphatic rings. The zero-order chi connectivity index (χ0) is 14.8. The van der Waals surface area contributed by atoms with Crippen LogP contribution < -0.4 is 5.32 Å². The molecule has 1 N–H and O–H groups in total. The molecule has 1 rings (SSSR count). The highest BCUT2D eigenvalue weighted by Crippen LogP contribution is 2.20. The van der Waals surface area contributed by atoms with Crippen molar-refractivity contribution in [1.82, 2.24) is 5.32 Å². The van der Waals surface area contributed by atoms with Gasteiger partial charge >= 0.3 is 0 Å². The van der Waals surface area contributed by atoms with Gasteiger partial charge < -0.3 is 5.32 Å². The summed E-state index contributed by atoms with van der Waals surface area (Å²) < 4.78 is 35.5. The summed E-state index contributed by atoms with van der Waals surface area (Å²) in [5.74, 6) is -1.15. The Bertz CT molecular complexity index is 589. The number of halogens is 2. The third kappa shape index (κ3) is 4.18. The van der Waals surface area contributed by atoms with Crippen molar-refractivity contribution < 1.29 is 17.6 Å². The van der Waals surface area contributed by atoms with E-state index in [-0.39, 0.29) is 5.02 Å². The quantitative estimate of drug-likeness (QED) is 0.926. The number of rotatable bonds is 4. The standard InChI is InChI=1S/C12H15ClFNO3S/c1-7(9-4-5-11(14)10(13)6-9)15-12(16)8(2)19(3,17)18/h4-8H,1-3H3,(H,15,16)/t7-,8+/m1/s1. The van der Waals surface area contributed by atoms with E-state index in [0.29, 0.717) is 5.56 Å². The SMILES string of the molecule is C[C@@H](NC(=O)[C@H](C)S(C)(=O)=O)c1ccc(F)c(Cl)c1. The maximum Gasteiger partial charge on any atom is 0.238 e. The van der Waals surface area contributed by atoms with Gasteiger partial charge in [0.05, 0.1) is 11.1 Å². The molecule has 0 aromatic heterocycles. The van der Waals surface area contributed by atoms with Crippen LogP contribution in [0, 0.1) is 5.82 Å². The van der Waals surface area contributed by atoms with Crippen LogP contribution in [-0.4, -0.2) is 25.8 Å². The van der Waals surface area contributed by atoms with Crippen LogP contribution in [0.5, 0.6) is 0 Å². The normalized spacial score (nSPS) is 14.8. The van der Waals surface area contributed by atoms with Gasteiger partial charge in [-0.2, -0.15) is 0 Å². The summed E-state index contributed by atoms with van der Waals surface area (Å²) in [6, 6.07) is 3.61. The maximum absolute atomic E-state index is 13.0. The van der Waals surface area contributed by atoms with Crippen molar-refractivity contribution >= 4 is 27.3 Å². The van der Waals surface area contributed by atoms with E-state index in [9.17, 15) is 17.6 Å². The van der Waals surface area contributed by atoms with Crippen molar-refractivity contribution in [1.29, 1.82) is 0 Å². The molecule has 106 valence electrons. The summed E-state index contributed by atoms with van der Waals surface area (Å²) >= 11 is 5.65. The zero-order valence-corrected chi connectivity index (χ0v) is 12.3. The molecule has 0 fully saturated rings. The van der Waals surface area contributed by atoms with E-state index < -0.39 is 32.9 Å². The Kier molecular flexibility index (Phi) is 4.92. The summed E-state index contributed by atoms with van der Waals surface area (Å²) in [4.78, 5) is 11.7. The van der Waals surface area contributed by atoms with Crippen molar-refractivity contribution in [2.45, 2.75) is 25.1 Å². The maximum atomic E-state index is 13.0. The summed E-state index contributed by atoms with van der Waals surface area (Å²) in [7, 11) is -3.44. The third-order valence-corrected chi connectivity index (χ3v) is 4.60. The molecule has 4 nitrogen and oxygen atoms in total. The Morgan fingerprint density at radius 1 is 1.37 bits per heavy atom. The third-order valence-electron chi connectivity index (χ3n) is 2.81. The molecule has 7 heteroatoms. The van der Waals surface area contributed by atoms with Gasteiger partial charge in [0.25, 0.3) is 0 Å². The van der Waals surface area contributed by atoms with E-state index in [0.717, 1.165) is 6.26 Å². The van der Waals surface area contributed by atoms with Crippen molar-refractivity contribution in [2.75, 3.05) is 6.26 Å². The molecule has 0 bridgehead atoms. The molecule has 2 atom stereocenters. The van der Waals surface area contributed by atoms with Gasteiger partial charge in [0.15, 0.2) is 9.84 Å². The Labute approximate surface area is 116 Å². The van der Waals surface area contributed by atoms with Crippen molar-refractivity contribution in [3.63, 3.8) is 0 Å². The largest absolute Gasteiger partial charge is 0.348 e. The minimum atomic E-state index is -3.44. The van der Waals surface area contributed by atoms with Gasteiger partial charge in [0.2, 0.25) is 5.91 Å². The van der Waals surface area contributed by atoms with Crippen molar-refractivity contribution in [3.8, 4) is 0 Å². The molecule has 1 aromatic carbocycles. The van der Waals surface area contributed by atoms with Crippen molar-refractivity contribution in [3.05, 3.63) is 34.6 Å². The van der Waals surface area contributed by atoms with Gasteiger partial charge in [0, 0.05) is 6.26 Å². The second-order valence-corrected chi connectivity index (χ2v) is 7.15. The molecule has 0 aliphatic heterocycles. The lowest BCUT2D eigenvalue weighted by Gasteiger charge is -2.17. The van der Waals surface area contributed by atoms with E-state index in [4.69, 9.17) is 11.6 Å². The number of sulfone groups is 1. The summed E-state index contributed by atoms with van der Waals surface area (Å²) in [6.45, 7) is 2.98. The molecular weight excluding hydrogens is 293 g/mol. The number of carbonyl (C=O) groups is 1. The van der Waals surface area contributed by atoms with Crippen LogP contribution in [0.3, 0.4) is 0 Å². The van der Waals surface area contributed by atoms with Gasteiger partial charge in [-0.1, -0.05) is 17.7 Å². The number of carbonyl (C=O) groups excluding carboxylic acids is 1. The molecule has 0 unspecified atom stereocenters. The average Bonchev–Trinajstić information content (AvgIpc) is 2.30. The molecule has 0 heterocycles. The lowest BCUT2D eigenvalue weighted by molar-refractivity contribution is -0.121. The van der Waals surface area contributed by atoms with Crippen molar-refractivity contribution in [2.24, 2.45) is 0 Å². The number of hydrogen-bond acceptors (Lipinski definition) is 3. The monoisotopic (exact) mass is 307 g/mol. The predicted molar refractivity (Wildman–Crippen MR) is 72.3 cm³/mol. The Morgan fingerprint density at radius 3 is 2.42 bits per heavy atom. The minimum absolute atomic E-state index is 0.0465. The molecule has 1 aromatic rings. The fourth-order valence-corrected chi connectivity index (χ4v) is 2.04. The highest BCUT2D eigenvalue weighted by Gasteiger charge is 2.24. The van der Waals surface area contributed by atoms with Gasteiger partial charge in [-0.25, -0.2) is 12.8 Å². The number of amides is 1. The van der Waals surface area contributed by atoms with E-state index in [1.165, 1.54) is 25.1 Å². The van der Waals surface area contributed by atoms with Crippen LogP contribution in [0.25, 0.3) is 0 Å². The van der Waals surface area contributed by atoms with Crippen LogP contribution in [-0.2, 0) is 14.6 Å². The molecular formula is C12H15ClFNO3S. The Morgan fingerprint density at radius 2 is 1.95 bits per heavy atom.